The molecular formula is C14H22N2. The summed E-state index contributed by atoms with van der Waals surface area (Å²) < 4.78 is 0. The smallest absolute Gasteiger partial charge is 0.0444 e. The molecule has 1 aromatic carbocycles. The van der Waals surface area contributed by atoms with Crippen LogP contribution < -0.4 is 11.1 Å². The second-order valence-corrected chi connectivity index (χ2v) is 4.89. The molecule has 1 aliphatic carbocycles. The highest BCUT2D eigenvalue weighted by Crippen LogP contribution is 2.31. The summed E-state index contributed by atoms with van der Waals surface area (Å²) in [5.41, 5.74) is 8.43. The van der Waals surface area contributed by atoms with Gasteiger partial charge in [-0.2, -0.15) is 0 Å². The van der Waals surface area contributed by atoms with Crippen molar-refractivity contribution in [1.29, 1.82) is 0 Å². The van der Waals surface area contributed by atoms with Gasteiger partial charge < -0.3 is 11.1 Å². The summed E-state index contributed by atoms with van der Waals surface area (Å²) in [4.78, 5) is 0. The monoisotopic (exact) mass is 218 g/mol. The van der Waals surface area contributed by atoms with Crippen LogP contribution in [0.5, 0.6) is 0 Å². The Morgan fingerprint density at radius 3 is 2.56 bits per heavy atom. The second-order valence-electron chi connectivity index (χ2n) is 4.89. The fraction of sp³-hybridized carbons (Fsp3) is 0.571. The number of hydrogen-bond donors (Lipinski definition) is 2. The second kappa shape index (κ2) is 5.46. The fourth-order valence-electron chi connectivity index (χ4n) is 2.00. The first-order chi connectivity index (χ1) is 7.79. The number of rotatable bonds is 6. The molecule has 88 valence electrons. The fourth-order valence-corrected chi connectivity index (χ4v) is 2.00. The van der Waals surface area contributed by atoms with Gasteiger partial charge in [0.2, 0.25) is 0 Å². The Hall–Kier alpha value is -0.860. The van der Waals surface area contributed by atoms with Gasteiger partial charge in [0, 0.05) is 12.6 Å². The van der Waals surface area contributed by atoms with Gasteiger partial charge in [-0.25, -0.2) is 0 Å². The molecule has 16 heavy (non-hydrogen) atoms. The molecule has 2 nitrogen and oxygen atoms in total. The molecule has 1 aliphatic rings. The molecule has 1 fully saturated rings. The molecule has 2 heteroatoms. The van der Waals surface area contributed by atoms with Crippen molar-refractivity contribution in [2.24, 2.45) is 11.7 Å². The van der Waals surface area contributed by atoms with Gasteiger partial charge in [0.05, 0.1) is 0 Å². The van der Waals surface area contributed by atoms with E-state index in [2.05, 4.69) is 36.5 Å². The third-order valence-corrected chi connectivity index (χ3v) is 3.36. The van der Waals surface area contributed by atoms with Crippen LogP contribution >= 0.6 is 0 Å². The number of nitrogens with two attached hydrogens (primary N) is 1. The molecule has 0 amide bonds. The van der Waals surface area contributed by atoms with Crippen LogP contribution in [-0.4, -0.2) is 13.1 Å². The average Bonchev–Trinajstić information content (AvgIpc) is 3.10. The predicted molar refractivity (Wildman–Crippen MR) is 68.3 cm³/mol. The molecule has 0 aliphatic heterocycles. The summed E-state index contributed by atoms with van der Waals surface area (Å²) in [5.74, 6) is 0.990. The summed E-state index contributed by atoms with van der Waals surface area (Å²) in [6.45, 7) is 3.88. The van der Waals surface area contributed by atoms with Crippen LogP contribution in [0.3, 0.4) is 0 Å². The Balaban J connectivity index is 1.84. The maximum absolute atomic E-state index is 5.81. The van der Waals surface area contributed by atoms with E-state index >= 15 is 0 Å². The van der Waals surface area contributed by atoms with E-state index in [9.17, 15) is 0 Å². The van der Waals surface area contributed by atoms with Gasteiger partial charge in [-0.15, -0.1) is 0 Å². The molecule has 3 N–H and O–H groups in total. The van der Waals surface area contributed by atoms with E-state index in [1.807, 2.05) is 0 Å². The predicted octanol–water partition coefficient (Wildman–Crippen LogP) is 2.38. The number of hydrogen-bond acceptors (Lipinski definition) is 2. The molecule has 0 radical (unpaired) electrons. The maximum atomic E-state index is 5.81. The summed E-state index contributed by atoms with van der Waals surface area (Å²) >= 11 is 0. The first-order valence-corrected chi connectivity index (χ1v) is 6.29. The van der Waals surface area contributed by atoms with Gasteiger partial charge in [-0.05, 0) is 31.4 Å². The number of nitrogens with one attached hydrogen (secondary N) is 1. The highest BCUT2D eigenvalue weighted by Gasteiger charge is 2.20. The zero-order valence-electron chi connectivity index (χ0n) is 10.1. The standard InChI is InChI=1S/C14H22N2/c1-11-2-6-13(7-3-11)14(10-15)16-9-8-12-4-5-12/h2-3,6-7,12,14,16H,4-5,8-10,15H2,1H3. The normalized spacial score (nSPS) is 17.4. The highest BCUT2D eigenvalue weighted by molar-refractivity contribution is 5.24. The molecule has 2 rings (SSSR count). The van der Waals surface area contributed by atoms with E-state index < -0.39 is 0 Å². The minimum atomic E-state index is 0.319. The van der Waals surface area contributed by atoms with Crippen LogP contribution in [0.25, 0.3) is 0 Å². The lowest BCUT2D eigenvalue weighted by Crippen LogP contribution is -2.29. The lowest BCUT2D eigenvalue weighted by Gasteiger charge is -2.17. The van der Waals surface area contributed by atoms with Crippen molar-refractivity contribution in [2.45, 2.75) is 32.2 Å². The minimum absolute atomic E-state index is 0.319. The summed E-state index contributed by atoms with van der Waals surface area (Å²) in [6.07, 6.45) is 4.17. The van der Waals surface area contributed by atoms with Crippen molar-refractivity contribution >= 4 is 0 Å². The van der Waals surface area contributed by atoms with E-state index in [-0.39, 0.29) is 0 Å². The van der Waals surface area contributed by atoms with Gasteiger partial charge in [0.25, 0.3) is 0 Å². The van der Waals surface area contributed by atoms with Gasteiger partial charge in [0.15, 0.2) is 0 Å². The molecule has 0 bridgehead atoms. The van der Waals surface area contributed by atoms with Crippen LogP contribution in [-0.2, 0) is 0 Å². The third kappa shape index (κ3) is 3.32. The Bertz CT molecular complexity index is 314. The largest absolute Gasteiger partial charge is 0.329 e. The molecule has 0 saturated heterocycles. The average molecular weight is 218 g/mol. The molecule has 1 aromatic rings. The molecular weight excluding hydrogens is 196 g/mol. The molecule has 0 aromatic heterocycles. The quantitative estimate of drug-likeness (QED) is 0.769. The topological polar surface area (TPSA) is 38.0 Å². The molecule has 0 spiro atoms. The zero-order chi connectivity index (χ0) is 11.4. The van der Waals surface area contributed by atoms with Gasteiger partial charge >= 0.3 is 0 Å². The maximum Gasteiger partial charge on any atom is 0.0444 e. The Morgan fingerprint density at radius 1 is 1.31 bits per heavy atom. The van der Waals surface area contributed by atoms with Crippen molar-refractivity contribution in [2.75, 3.05) is 13.1 Å². The van der Waals surface area contributed by atoms with Crippen molar-refractivity contribution in [3.8, 4) is 0 Å². The van der Waals surface area contributed by atoms with Crippen molar-refractivity contribution in [3.63, 3.8) is 0 Å². The highest BCUT2D eigenvalue weighted by atomic mass is 14.9. The van der Waals surface area contributed by atoms with Crippen LogP contribution in [0.2, 0.25) is 0 Å². The lowest BCUT2D eigenvalue weighted by atomic mass is 10.1. The summed E-state index contributed by atoms with van der Waals surface area (Å²) in [7, 11) is 0. The van der Waals surface area contributed by atoms with E-state index in [1.54, 1.807) is 0 Å². The van der Waals surface area contributed by atoms with Crippen molar-refractivity contribution in [3.05, 3.63) is 35.4 Å². The zero-order valence-corrected chi connectivity index (χ0v) is 10.1. The van der Waals surface area contributed by atoms with Crippen molar-refractivity contribution < 1.29 is 0 Å². The van der Waals surface area contributed by atoms with Gasteiger partial charge in [0.1, 0.15) is 0 Å². The SMILES string of the molecule is Cc1ccc(C(CN)NCCC2CC2)cc1. The molecule has 1 atom stereocenters. The first-order valence-electron chi connectivity index (χ1n) is 6.29. The van der Waals surface area contributed by atoms with Crippen LogP contribution in [0.4, 0.5) is 0 Å². The Kier molecular flexibility index (Phi) is 3.97. The van der Waals surface area contributed by atoms with Gasteiger partial charge in [-0.3, -0.25) is 0 Å². The first kappa shape index (κ1) is 11.6. The van der Waals surface area contributed by atoms with E-state index in [1.165, 1.54) is 30.4 Å². The summed E-state index contributed by atoms with van der Waals surface area (Å²) in [5, 5.41) is 3.55. The number of aryl methyl sites for hydroxylation is 1. The van der Waals surface area contributed by atoms with Crippen LogP contribution in [0.1, 0.15) is 36.4 Å². The lowest BCUT2D eigenvalue weighted by molar-refractivity contribution is 0.516. The number of benzene rings is 1. The molecule has 1 saturated carbocycles. The van der Waals surface area contributed by atoms with E-state index in [0.29, 0.717) is 12.6 Å². The van der Waals surface area contributed by atoms with Gasteiger partial charge in [-0.1, -0.05) is 42.7 Å². The van der Waals surface area contributed by atoms with E-state index in [4.69, 9.17) is 5.73 Å². The molecule has 1 unspecified atom stereocenters. The Morgan fingerprint density at radius 2 is 2.00 bits per heavy atom. The summed E-state index contributed by atoms with van der Waals surface area (Å²) in [6, 6.07) is 8.98. The van der Waals surface area contributed by atoms with Crippen molar-refractivity contribution in [1.82, 2.24) is 5.32 Å². The molecule has 0 heterocycles. The minimum Gasteiger partial charge on any atom is -0.329 e. The third-order valence-electron chi connectivity index (χ3n) is 3.36. The Labute approximate surface area is 98.2 Å². The van der Waals surface area contributed by atoms with E-state index in [0.717, 1.165) is 12.5 Å². The van der Waals surface area contributed by atoms with Crippen LogP contribution in [0, 0.1) is 12.8 Å². The van der Waals surface area contributed by atoms with Crippen LogP contribution in [0.15, 0.2) is 24.3 Å².